The first-order chi connectivity index (χ1) is 12.1. The number of rotatable bonds is 5. The highest BCUT2D eigenvalue weighted by molar-refractivity contribution is 6.01. The Kier molecular flexibility index (Phi) is 5.44. The van der Waals surface area contributed by atoms with Gasteiger partial charge in [-0.15, -0.1) is 0 Å². The van der Waals surface area contributed by atoms with E-state index in [1.54, 1.807) is 20.8 Å². The summed E-state index contributed by atoms with van der Waals surface area (Å²) in [5, 5.41) is 13.5. The number of carbonyl (C=O) groups excluding carboxylic acids is 3. The van der Waals surface area contributed by atoms with Crippen LogP contribution in [0.4, 0.5) is 11.4 Å². The van der Waals surface area contributed by atoms with E-state index in [1.807, 2.05) is 0 Å². The van der Waals surface area contributed by atoms with Crippen molar-refractivity contribution < 1.29 is 28.8 Å². The van der Waals surface area contributed by atoms with Crippen molar-refractivity contribution in [3.05, 3.63) is 28.3 Å². The van der Waals surface area contributed by atoms with Gasteiger partial charge < -0.3 is 14.8 Å². The average Bonchev–Trinajstić information content (AvgIpc) is 2.53. The van der Waals surface area contributed by atoms with Gasteiger partial charge in [-0.05, 0) is 26.8 Å². The van der Waals surface area contributed by atoms with Crippen LogP contribution in [-0.4, -0.2) is 48.0 Å². The fraction of sp³-hybridized carbons (Fsp3) is 0.438. The number of non-ortho nitro benzene ring substituents is 1. The molecule has 1 heterocycles. The summed E-state index contributed by atoms with van der Waals surface area (Å²) >= 11 is 0. The van der Waals surface area contributed by atoms with Gasteiger partial charge in [-0.2, -0.15) is 0 Å². The van der Waals surface area contributed by atoms with E-state index in [2.05, 4.69) is 5.32 Å². The number of amides is 2. The van der Waals surface area contributed by atoms with Crippen LogP contribution in [0.2, 0.25) is 0 Å². The Morgan fingerprint density at radius 2 is 2.08 bits per heavy atom. The number of hydrogen-bond acceptors (Lipinski definition) is 7. The highest BCUT2D eigenvalue weighted by Crippen LogP contribution is 2.35. The van der Waals surface area contributed by atoms with Crippen molar-refractivity contribution in [2.24, 2.45) is 0 Å². The lowest BCUT2D eigenvalue weighted by Crippen LogP contribution is -2.45. The number of benzene rings is 1. The first-order valence-corrected chi connectivity index (χ1v) is 7.75. The summed E-state index contributed by atoms with van der Waals surface area (Å²) in [7, 11) is 0. The van der Waals surface area contributed by atoms with Crippen LogP contribution in [0.25, 0.3) is 0 Å². The number of fused-ring (bicyclic) bond motifs is 1. The molecule has 0 saturated carbocycles. The first-order valence-electron chi connectivity index (χ1n) is 7.75. The molecule has 26 heavy (non-hydrogen) atoms. The van der Waals surface area contributed by atoms with E-state index in [1.165, 1.54) is 12.1 Å². The van der Waals surface area contributed by atoms with Crippen molar-refractivity contribution in [1.82, 2.24) is 5.32 Å². The Morgan fingerprint density at radius 3 is 2.69 bits per heavy atom. The Balaban J connectivity index is 2.06. The van der Waals surface area contributed by atoms with Gasteiger partial charge in [0.1, 0.15) is 12.3 Å². The van der Waals surface area contributed by atoms with Crippen LogP contribution in [-0.2, 0) is 19.1 Å². The number of hydrogen-bond donors (Lipinski definition) is 1. The third kappa shape index (κ3) is 4.91. The van der Waals surface area contributed by atoms with Crippen LogP contribution in [0.3, 0.4) is 0 Å². The number of esters is 1. The summed E-state index contributed by atoms with van der Waals surface area (Å²) in [6.45, 7) is 4.06. The van der Waals surface area contributed by atoms with Crippen LogP contribution in [0.15, 0.2) is 18.2 Å². The zero-order valence-electron chi connectivity index (χ0n) is 14.6. The molecule has 0 aliphatic carbocycles. The van der Waals surface area contributed by atoms with E-state index < -0.39 is 41.4 Å². The summed E-state index contributed by atoms with van der Waals surface area (Å²) in [6, 6.07) is 3.74. The van der Waals surface area contributed by atoms with Crippen LogP contribution < -0.4 is 15.0 Å². The van der Waals surface area contributed by atoms with Crippen LogP contribution in [0.1, 0.15) is 20.8 Å². The normalized spacial score (nSPS) is 13.5. The molecule has 0 atom stereocenters. The van der Waals surface area contributed by atoms with Gasteiger partial charge in [0, 0.05) is 17.7 Å². The van der Waals surface area contributed by atoms with Gasteiger partial charge in [-0.3, -0.25) is 29.4 Å². The maximum absolute atomic E-state index is 12.0. The van der Waals surface area contributed by atoms with Crippen molar-refractivity contribution in [3.8, 4) is 5.75 Å². The van der Waals surface area contributed by atoms with Crippen molar-refractivity contribution >= 4 is 29.2 Å². The first kappa shape index (κ1) is 19.2. The molecule has 0 aromatic heterocycles. The lowest BCUT2D eigenvalue weighted by molar-refractivity contribution is -0.384. The second-order valence-corrected chi connectivity index (χ2v) is 6.64. The van der Waals surface area contributed by atoms with Gasteiger partial charge >= 0.3 is 5.97 Å². The molecule has 2 rings (SSSR count). The van der Waals surface area contributed by atoms with E-state index in [0.29, 0.717) is 0 Å². The molecule has 1 aliphatic heterocycles. The molecule has 1 N–H and O–H groups in total. The number of nitrogens with zero attached hydrogens (tertiary/aromatic N) is 2. The van der Waals surface area contributed by atoms with Gasteiger partial charge in [0.15, 0.2) is 13.2 Å². The highest BCUT2D eigenvalue weighted by atomic mass is 16.6. The predicted octanol–water partition coefficient (Wildman–Crippen LogP) is 0.778. The van der Waals surface area contributed by atoms with Gasteiger partial charge in [-0.1, -0.05) is 0 Å². The van der Waals surface area contributed by atoms with Crippen molar-refractivity contribution in [2.45, 2.75) is 26.3 Å². The quantitative estimate of drug-likeness (QED) is 0.464. The Hall–Kier alpha value is -3.17. The average molecular weight is 365 g/mol. The van der Waals surface area contributed by atoms with Gasteiger partial charge in [0.2, 0.25) is 0 Å². The molecule has 0 unspecified atom stereocenters. The molecule has 0 saturated heterocycles. The maximum atomic E-state index is 12.0. The molecule has 1 aromatic rings. The third-order valence-electron chi connectivity index (χ3n) is 3.26. The molecule has 0 radical (unpaired) electrons. The lowest BCUT2D eigenvalue weighted by Gasteiger charge is -2.28. The van der Waals surface area contributed by atoms with Crippen molar-refractivity contribution in [3.63, 3.8) is 0 Å². The SMILES string of the molecule is CC(C)(C)NC(=O)COC(=O)CN1C(=O)COc2ccc([N+](=O)[O-])cc21. The second-order valence-electron chi connectivity index (χ2n) is 6.64. The van der Waals surface area contributed by atoms with Crippen molar-refractivity contribution in [1.29, 1.82) is 0 Å². The molecule has 1 aliphatic rings. The Bertz CT molecular complexity index is 755. The number of nitro groups is 1. The van der Waals surface area contributed by atoms with Gasteiger partial charge in [-0.25, -0.2) is 0 Å². The fourth-order valence-corrected chi connectivity index (χ4v) is 2.25. The smallest absolute Gasteiger partial charge is 0.326 e. The summed E-state index contributed by atoms with van der Waals surface area (Å²) in [5.41, 5.74) is -0.613. The zero-order chi connectivity index (χ0) is 19.5. The van der Waals surface area contributed by atoms with Crippen LogP contribution in [0, 0.1) is 10.1 Å². The molecule has 1 aromatic carbocycles. The van der Waals surface area contributed by atoms with E-state index in [-0.39, 0.29) is 23.7 Å². The highest BCUT2D eigenvalue weighted by Gasteiger charge is 2.30. The number of nitro benzene ring substituents is 1. The monoisotopic (exact) mass is 365 g/mol. The Morgan fingerprint density at radius 1 is 1.38 bits per heavy atom. The Labute approximate surface area is 149 Å². The van der Waals surface area contributed by atoms with E-state index in [0.717, 1.165) is 11.0 Å². The molecular formula is C16H19N3O7. The standard InChI is InChI=1S/C16H19N3O7/c1-16(2,3)17-13(20)8-26-15(22)7-18-11-6-10(19(23)24)4-5-12(11)25-9-14(18)21/h4-6H,7-9H2,1-3H3,(H,17,20). The van der Waals surface area contributed by atoms with E-state index in [9.17, 15) is 24.5 Å². The van der Waals surface area contributed by atoms with Crippen molar-refractivity contribution in [2.75, 3.05) is 24.7 Å². The molecule has 140 valence electrons. The molecule has 10 nitrogen and oxygen atoms in total. The topological polar surface area (TPSA) is 128 Å². The summed E-state index contributed by atoms with van der Waals surface area (Å²) in [4.78, 5) is 47.0. The number of ether oxygens (including phenoxy) is 2. The molecular weight excluding hydrogens is 346 g/mol. The maximum Gasteiger partial charge on any atom is 0.326 e. The minimum Gasteiger partial charge on any atom is -0.482 e. The van der Waals surface area contributed by atoms with E-state index in [4.69, 9.17) is 9.47 Å². The number of anilines is 1. The largest absolute Gasteiger partial charge is 0.482 e. The fourth-order valence-electron chi connectivity index (χ4n) is 2.25. The predicted molar refractivity (Wildman–Crippen MR) is 89.8 cm³/mol. The summed E-state index contributed by atoms with van der Waals surface area (Å²) in [5.74, 6) is -1.60. The van der Waals surface area contributed by atoms with Crippen LogP contribution in [0.5, 0.6) is 5.75 Å². The lowest BCUT2D eigenvalue weighted by atomic mass is 10.1. The molecule has 2 amide bonds. The minimum atomic E-state index is -0.818. The minimum absolute atomic E-state index is 0.103. The summed E-state index contributed by atoms with van der Waals surface area (Å²) in [6.07, 6.45) is 0. The molecule has 0 spiro atoms. The van der Waals surface area contributed by atoms with E-state index >= 15 is 0 Å². The zero-order valence-corrected chi connectivity index (χ0v) is 14.6. The summed E-state index contributed by atoms with van der Waals surface area (Å²) < 4.78 is 10.1. The van der Waals surface area contributed by atoms with Crippen LogP contribution >= 0.6 is 0 Å². The third-order valence-corrected chi connectivity index (χ3v) is 3.26. The molecule has 0 fully saturated rings. The molecule has 10 heteroatoms. The molecule has 0 bridgehead atoms. The number of carbonyl (C=O) groups is 3. The number of nitrogens with one attached hydrogen (secondary N) is 1. The second kappa shape index (κ2) is 7.38. The van der Waals surface area contributed by atoms with Gasteiger partial charge in [0.05, 0.1) is 10.6 Å². The van der Waals surface area contributed by atoms with Gasteiger partial charge in [0.25, 0.3) is 17.5 Å².